The minimum absolute atomic E-state index is 0.309. The minimum atomic E-state index is 0.309. The predicted molar refractivity (Wildman–Crippen MR) is 84.2 cm³/mol. The molecule has 2 N–H and O–H groups in total. The molecule has 0 fully saturated rings. The normalized spacial score (nSPS) is 12.8. The Labute approximate surface area is 117 Å². The molecule has 0 bridgehead atoms. The maximum absolute atomic E-state index is 5.87. The van der Waals surface area contributed by atoms with Crippen molar-refractivity contribution in [3.05, 3.63) is 23.8 Å². The van der Waals surface area contributed by atoms with Crippen molar-refractivity contribution in [1.29, 1.82) is 0 Å². The average Bonchev–Trinajstić information content (AvgIpc) is 2.30. The first-order chi connectivity index (χ1) is 8.19. The van der Waals surface area contributed by atoms with Crippen molar-refractivity contribution >= 4 is 17.4 Å². The number of aryl methyl sites for hydroxylation is 1. The van der Waals surface area contributed by atoms with Crippen molar-refractivity contribution < 1.29 is 0 Å². The number of thioether (sulfide) groups is 1. The van der Waals surface area contributed by atoms with Gasteiger partial charge in [-0.2, -0.15) is 0 Å². The summed E-state index contributed by atoms with van der Waals surface area (Å²) in [6.07, 6.45) is 1.20. The number of hydrogen-bond donors (Lipinski definition) is 1. The molecule has 102 valence electrons. The summed E-state index contributed by atoms with van der Waals surface area (Å²) in [5.74, 6) is 1.12. The highest BCUT2D eigenvalue weighted by molar-refractivity contribution is 7.99. The van der Waals surface area contributed by atoms with Crippen LogP contribution in [-0.2, 0) is 0 Å². The lowest BCUT2D eigenvalue weighted by Gasteiger charge is -2.41. The number of hydrogen-bond acceptors (Lipinski definition) is 2. The lowest BCUT2D eigenvalue weighted by molar-refractivity contribution is 0.132. The molecular formula is C16H27NS. The van der Waals surface area contributed by atoms with Gasteiger partial charge in [-0.25, -0.2) is 0 Å². The Kier molecular flexibility index (Phi) is 4.77. The van der Waals surface area contributed by atoms with Crippen molar-refractivity contribution in [2.24, 2.45) is 10.8 Å². The molecule has 0 unspecified atom stereocenters. The van der Waals surface area contributed by atoms with Gasteiger partial charge in [0, 0.05) is 16.3 Å². The SMILES string of the molecule is CCC(C)(C)C(C)(C)CSc1cc(N)ccc1C. The Morgan fingerprint density at radius 1 is 1.11 bits per heavy atom. The van der Waals surface area contributed by atoms with Gasteiger partial charge >= 0.3 is 0 Å². The first kappa shape index (κ1) is 15.4. The van der Waals surface area contributed by atoms with Crippen molar-refractivity contribution in [2.45, 2.75) is 52.9 Å². The first-order valence-electron chi connectivity index (χ1n) is 6.68. The van der Waals surface area contributed by atoms with Crippen molar-refractivity contribution in [1.82, 2.24) is 0 Å². The third-order valence-corrected chi connectivity index (χ3v) is 6.13. The first-order valence-corrected chi connectivity index (χ1v) is 7.67. The Morgan fingerprint density at radius 3 is 2.28 bits per heavy atom. The highest BCUT2D eigenvalue weighted by Gasteiger charge is 2.35. The number of nitrogen functional groups attached to an aromatic ring is 1. The van der Waals surface area contributed by atoms with Crippen LogP contribution in [0.1, 0.15) is 46.6 Å². The molecule has 0 saturated carbocycles. The van der Waals surface area contributed by atoms with E-state index in [1.165, 1.54) is 16.9 Å². The molecule has 0 radical (unpaired) electrons. The van der Waals surface area contributed by atoms with Gasteiger partial charge in [0.15, 0.2) is 0 Å². The van der Waals surface area contributed by atoms with Crippen LogP contribution in [0, 0.1) is 17.8 Å². The Hall–Kier alpha value is -0.630. The van der Waals surface area contributed by atoms with E-state index in [-0.39, 0.29) is 0 Å². The van der Waals surface area contributed by atoms with Crippen LogP contribution in [0.15, 0.2) is 23.1 Å². The fourth-order valence-electron chi connectivity index (χ4n) is 1.70. The summed E-state index contributed by atoms with van der Waals surface area (Å²) < 4.78 is 0. The van der Waals surface area contributed by atoms with Crippen molar-refractivity contribution in [2.75, 3.05) is 11.5 Å². The lowest BCUT2D eigenvalue weighted by Crippen LogP contribution is -2.34. The minimum Gasteiger partial charge on any atom is -0.399 e. The summed E-state index contributed by atoms with van der Waals surface area (Å²) >= 11 is 1.93. The summed E-state index contributed by atoms with van der Waals surface area (Å²) in [5, 5.41) is 0. The highest BCUT2D eigenvalue weighted by atomic mass is 32.2. The summed E-state index contributed by atoms with van der Waals surface area (Å²) in [7, 11) is 0. The van der Waals surface area contributed by atoms with Gasteiger partial charge < -0.3 is 5.73 Å². The van der Waals surface area contributed by atoms with Gasteiger partial charge in [-0.1, -0.05) is 47.1 Å². The van der Waals surface area contributed by atoms with E-state index in [4.69, 9.17) is 5.73 Å². The van der Waals surface area contributed by atoms with Gasteiger partial charge in [0.25, 0.3) is 0 Å². The second kappa shape index (κ2) is 5.56. The molecule has 1 aromatic rings. The van der Waals surface area contributed by atoms with E-state index in [0.29, 0.717) is 10.8 Å². The Balaban J connectivity index is 2.79. The zero-order chi connectivity index (χ0) is 14.0. The molecule has 0 aliphatic rings. The summed E-state index contributed by atoms with van der Waals surface area (Å²) in [4.78, 5) is 1.31. The largest absolute Gasteiger partial charge is 0.399 e. The van der Waals surface area contributed by atoms with Crippen LogP contribution < -0.4 is 5.73 Å². The average molecular weight is 265 g/mol. The summed E-state index contributed by atoms with van der Waals surface area (Å²) in [6, 6.07) is 6.17. The predicted octanol–water partition coefficient (Wildman–Crippen LogP) is 5.13. The van der Waals surface area contributed by atoms with Crippen LogP contribution in [0.3, 0.4) is 0 Å². The van der Waals surface area contributed by atoms with Crippen LogP contribution >= 0.6 is 11.8 Å². The molecule has 0 amide bonds. The van der Waals surface area contributed by atoms with Crippen LogP contribution in [0.2, 0.25) is 0 Å². The second-order valence-electron chi connectivity index (χ2n) is 6.43. The van der Waals surface area contributed by atoms with Gasteiger partial charge in [0.1, 0.15) is 0 Å². The van der Waals surface area contributed by atoms with E-state index in [9.17, 15) is 0 Å². The molecule has 0 saturated heterocycles. The third-order valence-electron chi connectivity index (χ3n) is 4.52. The molecular weight excluding hydrogens is 238 g/mol. The van der Waals surface area contributed by atoms with E-state index in [1.54, 1.807) is 0 Å². The molecule has 0 heterocycles. The maximum Gasteiger partial charge on any atom is 0.0325 e. The van der Waals surface area contributed by atoms with E-state index >= 15 is 0 Å². The zero-order valence-electron chi connectivity index (χ0n) is 12.6. The number of rotatable bonds is 5. The van der Waals surface area contributed by atoms with Crippen LogP contribution in [-0.4, -0.2) is 5.75 Å². The molecule has 0 aliphatic carbocycles. The molecule has 18 heavy (non-hydrogen) atoms. The van der Waals surface area contributed by atoms with Gasteiger partial charge in [0.05, 0.1) is 0 Å². The molecule has 1 rings (SSSR count). The molecule has 1 nitrogen and oxygen atoms in total. The van der Waals surface area contributed by atoms with Crippen molar-refractivity contribution in [3.8, 4) is 0 Å². The number of benzene rings is 1. The second-order valence-corrected chi connectivity index (χ2v) is 7.45. The molecule has 1 aromatic carbocycles. The number of nitrogens with two attached hydrogens (primary N) is 1. The van der Waals surface area contributed by atoms with E-state index < -0.39 is 0 Å². The van der Waals surface area contributed by atoms with Gasteiger partial charge in [0.2, 0.25) is 0 Å². The maximum atomic E-state index is 5.87. The third kappa shape index (κ3) is 3.44. The molecule has 0 aromatic heterocycles. The molecule has 0 atom stereocenters. The van der Waals surface area contributed by atoms with Crippen LogP contribution in [0.4, 0.5) is 5.69 Å². The van der Waals surface area contributed by atoms with Gasteiger partial charge in [-0.05, 0) is 35.4 Å². The topological polar surface area (TPSA) is 26.0 Å². The van der Waals surface area contributed by atoms with Gasteiger partial charge in [-0.15, -0.1) is 11.8 Å². The van der Waals surface area contributed by atoms with E-state index in [2.05, 4.69) is 53.7 Å². The lowest BCUT2D eigenvalue weighted by atomic mass is 9.68. The smallest absolute Gasteiger partial charge is 0.0325 e. The Bertz CT molecular complexity index is 408. The van der Waals surface area contributed by atoms with Crippen molar-refractivity contribution in [3.63, 3.8) is 0 Å². The van der Waals surface area contributed by atoms with E-state index in [0.717, 1.165) is 11.4 Å². The van der Waals surface area contributed by atoms with E-state index in [1.807, 2.05) is 17.8 Å². The van der Waals surface area contributed by atoms with Crippen LogP contribution in [0.5, 0.6) is 0 Å². The summed E-state index contributed by atoms with van der Waals surface area (Å²) in [5.41, 5.74) is 8.71. The standard InChI is InChI=1S/C16H27NS/c1-7-15(3,4)16(5,6)11-18-14-10-13(17)9-8-12(14)2/h8-10H,7,11,17H2,1-6H3. The molecule has 0 aliphatic heterocycles. The highest BCUT2D eigenvalue weighted by Crippen LogP contribution is 2.44. The fourth-order valence-corrected chi connectivity index (χ4v) is 3.13. The monoisotopic (exact) mass is 265 g/mol. The molecule has 2 heteroatoms. The molecule has 0 spiro atoms. The fraction of sp³-hybridized carbons (Fsp3) is 0.625. The quantitative estimate of drug-likeness (QED) is 0.590. The Morgan fingerprint density at radius 2 is 1.72 bits per heavy atom. The van der Waals surface area contributed by atoms with Gasteiger partial charge in [-0.3, -0.25) is 0 Å². The van der Waals surface area contributed by atoms with Crippen LogP contribution in [0.25, 0.3) is 0 Å². The zero-order valence-corrected chi connectivity index (χ0v) is 13.4. The summed E-state index contributed by atoms with van der Waals surface area (Å²) in [6.45, 7) is 13.9. The number of anilines is 1.